The first-order valence-corrected chi connectivity index (χ1v) is 28.6. The summed E-state index contributed by atoms with van der Waals surface area (Å²) in [6.45, 7) is 12.0. The van der Waals surface area contributed by atoms with E-state index in [1.807, 2.05) is 6.92 Å². The molecular formula is C67H72N2O17. The number of carbonyl (C=O) groups is 6. The molecular weight excluding hydrogens is 1100 g/mol. The zero-order chi connectivity index (χ0) is 61.6. The van der Waals surface area contributed by atoms with Crippen LogP contribution in [0.15, 0.2) is 153 Å². The van der Waals surface area contributed by atoms with Gasteiger partial charge in [0, 0.05) is 35.5 Å². The zero-order valence-corrected chi connectivity index (χ0v) is 48.5. The van der Waals surface area contributed by atoms with Gasteiger partial charge in [-0.05, 0) is 173 Å². The van der Waals surface area contributed by atoms with Crippen LogP contribution in [0.5, 0.6) is 34.5 Å². The largest absolute Gasteiger partial charge is 0.494 e. The number of nitrogens with zero attached hydrogens (tertiary/aromatic N) is 1. The van der Waals surface area contributed by atoms with E-state index in [4.69, 9.17) is 48.4 Å². The highest BCUT2D eigenvalue weighted by molar-refractivity contribution is 6.06. The number of nitro benzene ring substituents is 1. The van der Waals surface area contributed by atoms with Gasteiger partial charge in [-0.2, -0.15) is 0 Å². The van der Waals surface area contributed by atoms with Gasteiger partial charge >= 0.3 is 41.5 Å². The Morgan fingerprint density at radius 1 is 0.523 bits per heavy atom. The van der Waals surface area contributed by atoms with Crippen molar-refractivity contribution in [2.45, 2.75) is 110 Å². The van der Waals surface area contributed by atoms with Crippen molar-refractivity contribution >= 4 is 47.2 Å². The normalized spacial score (nSPS) is 11.0. The molecule has 19 heteroatoms. The van der Waals surface area contributed by atoms with Crippen LogP contribution < -0.4 is 34.2 Å². The fourth-order valence-electron chi connectivity index (χ4n) is 8.55. The summed E-state index contributed by atoms with van der Waals surface area (Å²) in [4.78, 5) is 88.5. The molecule has 0 heterocycles. The lowest BCUT2D eigenvalue weighted by Gasteiger charge is -2.16. The van der Waals surface area contributed by atoms with Crippen LogP contribution in [0.2, 0.25) is 0 Å². The molecule has 0 aliphatic heterocycles. The summed E-state index contributed by atoms with van der Waals surface area (Å²) in [5.41, 5.74) is 7.47. The van der Waals surface area contributed by atoms with E-state index in [2.05, 4.69) is 20.1 Å². The fraction of sp³-hybridized carbons (Fsp3) is 0.313. The van der Waals surface area contributed by atoms with Gasteiger partial charge in [-0.3, -0.25) is 10.1 Å². The number of nitrogens with two attached hydrogens (primary N) is 1. The summed E-state index contributed by atoms with van der Waals surface area (Å²) in [7, 11) is 0. The van der Waals surface area contributed by atoms with Crippen molar-refractivity contribution in [2.24, 2.45) is 0 Å². The Balaban J connectivity index is 1.07. The molecule has 0 saturated carbocycles. The summed E-state index contributed by atoms with van der Waals surface area (Å²) in [6.07, 6.45) is 13.4. The number of hydrogen-bond acceptors (Lipinski definition) is 18. The van der Waals surface area contributed by atoms with Crippen LogP contribution in [0, 0.1) is 10.1 Å². The standard InChI is InChI=1S/C67H72N2O17/c1-5-8-9-14-19-46(4)83-61-44-59(68)57(43-60(61)69(76)77)48-22-24-49(25-23-48)64(72)84-53-27-20-47(21-28-53)45-82-66(74)58-42-50(65(73)85-54-33-29-51(30-34-54)78-38-15-10-12-17-40-80-62(70)6-2)26-37-56(58)67(75)86-55-35-31-52(32-36-55)79-39-16-11-13-18-41-81-63(71)7-3/h6-7,20-37,42-44,46H,2-3,5,8-19,38-41,45,68H2,1,4H3/t46-/m0/s1. The maximum absolute atomic E-state index is 13.9. The van der Waals surface area contributed by atoms with Gasteiger partial charge in [-0.15, -0.1) is 0 Å². The van der Waals surface area contributed by atoms with Gasteiger partial charge in [0.05, 0.1) is 59.7 Å². The van der Waals surface area contributed by atoms with Gasteiger partial charge in [-0.25, -0.2) is 28.8 Å². The Morgan fingerprint density at radius 3 is 1.52 bits per heavy atom. The quantitative estimate of drug-likeness (QED) is 0.00560. The van der Waals surface area contributed by atoms with Crippen LogP contribution >= 0.6 is 0 Å². The van der Waals surface area contributed by atoms with Crippen LogP contribution in [0.3, 0.4) is 0 Å². The maximum Gasteiger partial charge on any atom is 0.344 e. The van der Waals surface area contributed by atoms with Crippen molar-refractivity contribution in [3.8, 4) is 45.6 Å². The number of nitrogen functional groups attached to an aromatic ring is 1. The van der Waals surface area contributed by atoms with Gasteiger partial charge in [0.2, 0.25) is 0 Å². The lowest BCUT2D eigenvalue weighted by atomic mass is 10.0. The van der Waals surface area contributed by atoms with E-state index in [0.717, 1.165) is 95.6 Å². The number of rotatable bonds is 36. The smallest absolute Gasteiger partial charge is 0.344 e. The van der Waals surface area contributed by atoms with Gasteiger partial charge in [0.25, 0.3) is 0 Å². The van der Waals surface area contributed by atoms with Crippen molar-refractivity contribution in [2.75, 3.05) is 32.2 Å². The van der Waals surface area contributed by atoms with E-state index in [0.29, 0.717) is 54.6 Å². The predicted molar refractivity (Wildman–Crippen MR) is 322 cm³/mol. The molecule has 0 aliphatic rings. The van der Waals surface area contributed by atoms with Crippen molar-refractivity contribution in [1.82, 2.24) is 0 Å². The summed E-state index contributed by atoms with van der Waals surface area (Å²) >= 11 is 0. The Kier molecular flexibility index (Phi) is 26.4. The van der Waals surface area contributed by atoms with Gasteiger partial charge in [0.15, 0.2) is 5.75 Å². The lowest BCUT2D eigenvalue weighted by Crippen LogP contribution is -2.18. The number of carbonyl (C=O) groups excluding carboxylic acids is 6. The van der Waals surface area contributed by atoms with E-state index in [9.17, 15) is 38.9 Å². The van der Waals surface area contributed by atoms with E-state index in [1.54, 1.807) is 60.7 Å². The number of esters is 6. The summed E-state index contributed by atoms with van der Waals surface area (Å²) in [5.74, 6) is -2.61. The minimum Gasteiger partial charge on any atom is -0.494 e. The molecule has 0 saturated heterocycles. The van der Waals surface area contributed by atoms with Gasteiger partial charge in [0.1, 0.15) is 35.4 Å². The molecule has 2 N–H and O–H groups in total. The molecule has 86 heavy (non-hydrogen) atoms. The third kappa shape index (κ3) is 21.4. The number of benzene rings is 6. The third-order valence-corrected chi connectivity index (χ3v) is 13.3. The molecule has 0 unspecified atom stereocenters. The third-order valence-electron chi connectivity index (χ3n) is 13.3. The first kappa shape index (κ1) is 65.4. The summed E-state index contributed by atoms with van der Waals surface area (Å²) in [6, 6.07) is 31.8. The Morgan fingerprint density at radius 2 is 1.00 bits per heavy atom. The highest BCUT2D eigenvalue weighted by atomic mass is 16.6. The van der Waals surface area contributed by atoms with E-state index in [1.165, 1.54) is 66.7 Å². The molecule has 0 aliphatic carbocycles. The van der Waals surface area contributed by atoms with Crippen LogP contribution in [0.4, 0.5) is 11.4 Å². The summed E-state index contributed by atoms with van der Waals surface area (Å²) < 4.78 is 50.2. The Hall–Kier alpha value is -9.78. The molecule has 452 valence electrons. The van der Waals surface area contributed by atoms with Crippen LogP contribution in [0.25, 0.3) is 11.1 Å². The lowest BCUT2D eigenvalue weighted by molar-refractivity contribution is -0.386. The van der Waals surface area contributed by atoms with Crippen molar-refractivity contribution in [3.05, 3.63) is 191 Å². The van der Waals surface area contributed by atoms with Gasteiger partial charge < -0.3 is 48.4 Å². The average molecular weight is 1180 g/mol. The van der Waals surface area contributed by atoms with Crippen molar-refractivity contribution in [1.29, 1.82) is 0 Å². The molecule has 6 rings (SSSR count). The minimum absolute atomic E-state index is 0.0721. The Bertz CT molecular complexity index is 3250. The monoisotopic (exact) mass is 1180 g/mol. The van der Waals surface area contributed by atoms with Crippen LogP contribution in [-0.2, 0) is 30.4 Å². The highest BCUT2D eigenvalue weighted by Gasteiger charge is 2.25. The second-order valence-corrected chi connectivity index (χ2v) is 19.9. The molecule has 1 atom stereocenters. The Labute approximate surface area is 500 Å². The first-order chi connectivity index (χ1) is 41.6. The second kappa shape index (κ2) is 34.7. The summed E-state index contributed by atoms with van der Waals surface area (Å²) in [5, 5.41) is 12.1. The van der Waals surface area contributed by atoms with E-state index < -0.39 is 40.7 Å². The second-order valence-electron chi connectivity index (χ2n) is 19.9. The van der Waals surface area contributed by atoms with Crippen molar-refractivity contribution < 1.29 is 76.3 Å². The van der Waals surface area contributed by atoms with Gasteiger partial charge in [-0.1, -0.05) is 63.6 Å². The first-order valence-electron chi connectivity index (χ1n) is 28.6. The fourth-order valence-corrected chi connectivity index (χ4v) is 8.55. The molecule has 6 aromatic rings. The van der Waals surface area contributed by atoms with Crippen molar-refractivity contribution in [3.63, 3.8) is 0 Å². The number of anilines is 1. The molecule has 19 nitrogen and oxygen atoms in total. The minimum atomic E-state index is -0.965. The van der Waals surface area contributed by atoms with E-state index in [-0.39, 0.29) is 69.3 Å². The number of hydrogen-bond donors (Lipinski definition) is 1. The molecule has 0 radical (unpaired) electrons. The molecule has 0 bridgehead atoms. The molecule has 0 aromatic heterocycles. The SMILES string of the molecule is C=CC(=O)OCCCCCCOc1ccc(OC(=O)c2ccc(C(=O)Oc3ccc(OCCCCCCOC(=O)C=C)cc3)c(C(=O)OCc3ccc(OC(=O)c4ccc(-c5cc([N+](=O)[O-])c(O[C@@H](C)CCCCCC)cc5N)cc4)cc3)c2)cc1. The predicted octanol–water partition coefficient (Wildman–Crippen LogP) is 13.9. The maximum atomic E-state index is 13.9. The number of nitro groups is 1. The zero-order valence-electron chi connectivity index (χ0n) is 48.5. The number of ether oxygens (including phenoxy) is 9. The highest BCUT2D eigenvalue weighted by Crippen LogP contribution is 2.38. The topological polar surface area (TPSA) is 255 Å². The molecule has 0 spiro atoms. The van der Waals surface area contributed by atoms with E-state index >= 15 is 0 Å². The number of unbranched alkanes of at least 4 members (excludes halogenated alkanes) is 9. The molecule has 0 fully saturated rings. The average Bonchev–Trinajstić information content (AvgIpc) is 3.09. The molecule has 6 aromatic carbocycles. The molecule has 0 amide bonds. The van der Waals surface area contributed by atoms with Crippen LogP contribution in [0.1, 0.15) is 144 Å². The van der Waals surface area contributed by atoms with Crippen LogP contribution in [-0.4, -0.2) is 73.3 Å².